The third-order valence-electron chi connectivity index (χ3n) is 8.51. The maximum Gasteiger partial charge on any atom is 0.170 e. The zero-order valence-corrected chi connectivity index (χ0v) is 31.1. The molecule has 0 aromatic heterocycles. The van der Waals surface area contributed by atoms with Gasteiger partial charge in [0.25, 0.3) is 0 Å². The van der Waals surface area contributed by atoms with Crippen molar-refractivity contribution >= 4 is 23.0 Å². The van der Waals surface area contributed by atoms with E-state index in [1.807, 2.05) is 38.1 Å². The maximum absolute atomic E-state index is 12.9. The largest absolute Gasteiger partial charge is 0.496 e. The fourth-order valence-corrected chi connectivity index (χ4v) is 5.64. The minimum Gasteiger partial charge on any atom is -0.496 e. The zero-order valence-electron chi connectivity index (χ0n) is 31.1. The van der Waals surface area contributed by atoms with E-state index in [9.17, 15) is 18.4 Å². The van der Waals surface area contributed by atoms with Gasteiger partial charge in [-0.1, -0.05) is 12.1 Å². The number of aryl methyl sites for hydroxylation is 2. The first-order valence-electron chi connectivity index (χ1n) is 17.4. The van der Waals surface area contributed by atoms with Crippen LogP contribution in [0.1, 0.15) is 72.8 Å². The molecule has 0 saturated carbocycles. The Morgan fingerprint density at radius 1 is 0.596 bits per heavy atom. The van der Waals surface area contributed by atoms with Gasteiger partial charge in [-0.15, -0.1) is 0 Å². The molecule has 7 nitrogen and oxygen atoms in total. The van der Waals surface area contributed by atoms with Crippen molar-refractivity contribution in [1.82, 2.24) is 0 Å². The monoisotopic (exact) mass is 712 g/mol. The Kier molecular flexibility index (Phi) is 17.4. The lowest BCUT2D eigenvalue weighted by Gasteiger charge is -2.10. The molecule has 0 N–H and O–H groups in total. The van der Waals surface area contributed by atoms with Gasteiger partial charge in [-0.3, -0.25) is 19.6 Å². The molecule has 276 valence electrons. The Labute approximate surface area is 306 Å². The lowest BCUT2D eigenvalue weighted by molar-refractivity contribution is -0.121. The average Bonchev–Trinajstić information content (AvgIpc) is 3.14. The molecule has 0 radical (unpaired) electrons. The molecule has 4 aromatic rings. The molecule has 0 aliphatic heterocycles. The van der Waals surface area contributed by atoms with E-state index in [2.05, 4.69) is 22.1 Å². The number of hydrogen-bond donors (Lipinski definition) is 0. The molecule has 0 spiro atoms. The van der Waals surface area contributed by atoms with Gasteiger partial charge in [0.2, 0.25) is 0 Å². The predicted molar refractivity (Wildman–Crippen MR) is 205 cm³/mol. The minimum absolute atomic E-state index is 0.0119. The molecule has 0 atom stereocenters. The van der Waals surface area contributed by atoms with E-state index in [1.165, 1.54) is 36.4 Å². The van der Waals surface area contributed by atoms with Gasteiger partial charge in [0.05, 0.1) is 14.2 Å². The number of aliphatic imine (C=N–C) groups is 2. The van der Waals surface area contributed by atoms with Gasteiger partial charge in [-0.25, -0.2) is 8.78 Å². The van der Waals surface area contributed by atoms with E-state index >= 15 is 0 Å². The van der Waals surface area contributed by atoms with Crippen LogP contribution in [-0.4, -0.2) is 57.9 Å². The summed E-state index contributed by atoms with van der Waals surface area (Å²) in [5.41, 5.74) is 7.14. The van der Waals surface area contributed by atoms with E-state index in [-0.39, 0.29) is 29.8 Å². The summed E-state index contributed by atoms with van der Waals surface area (Å²) in [6.07, 6.45) is 5.26. The fraction of sp³-hybridized carbons (Fsp3) is 0.349. The number of benzene rings is 4. The number of carbonyl (C=O) groups excluding carboxylic acids is 2. The summed E-state index contributed by atoms with van der Waals surface area (Å²) in [6.45, 7) is 4.02. The third-order valence-corrected chi connectivity index (χ3v) is 8.51. The lowest BCUT2D eigenvalue weighted by Crippen LogP contribution is -2.11. The molecule has 0 heterocycles. The molecular formula is C43H50F2N2O5. The summed E-state index contributed by atoms with van der Waals surface area (Å²) < 4.78 is 41.7. The number of carbonyl (C=O) groups is 2. The van der Waals surface area contributed by atoms with Crippen LogP contribution in [-0.2, 0) is 16.0 Å². The number of halogens is 2. The Bertz CT molecular complexity index is 1800. The van der Waals surface area contributed by atoms with Crippen molar-refractivity contribution in [1.29, 1.82) is 0 Å². The van der Waals surface area contributed by atoms with Crippen molar-refractivity contribution in [3.63, 3.8) is 0 Å². The smallest absolute Gasteiger partial charge is 0.170 e. The first-order valence-corrected chi connectivity index (χ1v) is 17.4. The van der Waals surface area contributed by atoms with Crippen LogP contribution in [0.4, 0.5) is 8.78 Å². The van der Waals surface area contributed by atoms with Crippen LogP contribution in [0.5, 0.6) is 17.2 Å². The van der Waals surface area contributed by atoms with E-state index in [1.54, 1.807) is 40.4 Å². The number of ketones is 2. The highest BCUT2D eigenvalue weighted by molar-refractivity contribution is 6.01. The summed E-state index contributed by atoms with van der Waals surface area (Å²) >= 11 is 0. The molecule has 0 bridgehead atoms. The van der Waals surface area contributed by atoms with Gasteiger partial charge < -0.3 is 14.2 Å². The fourth-order valence-electron chi connectivity index (χ4n) is 5.64. The minimum atomic E-state index is -0.325. The number of unbranched alkanes of at least 4 members (excludes halogenated alkanes) is 1. The molecule has 0 amide bonds. The number of methoxy groups -OCH3 is 2. The third kappa shape index (κ3) is 13.9. The quantitative estimate of drug-likeness (QED) is 0.0758. The summed E-state index contributed by atoms with van der Waals surface area (Å²) in [6, 6.07) is 23.8. The molecule has 4 aromatic carbocycles. The molecule has 0 fully saturated rings. The second-order valence-electron chi connectivity index (χ2n) is 12.4. The number of Topliss-reactive ketones (excluding diaryl/α,β-unsaturated/α-hetero) is 2. The average molecular weight is 713 g/mol. The van der Waals surface area contributed by atoms with Gasteiger partial charge >= 0.3 is 0 Å². The summed E-state index contributed by atoms with van der Waals surface area (Å²) in [7, 11) is 6.88. The van der Waals surface area contributed by atoms with Gasteiger partial charge in [-0.05, 0) is 147 Å². The summed E-state index contributed by atoms with van der Waals surface area (Å²) in [5, 5.41) is 0. The first-order chi connectivity index (χ1) is 25.1. The van der Waals surface area contributed by atoms with Crippen LogP contribution in [0.2, 0.25) is 0 Å². The highest BCUT2D eigenvalue weighted by Gasteiger charge is 2.10. The van der Waals surface area contributed by atoms with Gasteiger partial charge in [-0.2, -0.15) is 0 Å². The molecule has 0 aliphatic rings. The molecule has 0 aliphatic carbocycles. The molecule has 0 saturated heterocycles. The number of ether oxygens (including phenoxy) is 3. The second kappa shape index (κ2) is 21.9. The van der Waals surface area contributed by atoms with Crippen LogP contribution in [0.25, 0.3) is 0 Å². The van der Waals surface area contributed by atoms with Crippen LogP contribution in [0.15, 0.2) is 94.9 Å². The van der Waals surface area contributed by atoms with Crippen molar-refractivity contribution in [3.8, 4) is 17.2 Å². The highest BCUT2D eigenvalue weighted by Crippen LogP contribution is 2.22. The van der Waals surface area contributed by atoms with E-state index in [0.29, 0.717) is 25.0 Å². The SMILES string of the molecule is CN=C(CCCC(=O)Cc1ccc(F)cc1)c1ccc(OC)c(C)c1.CN=C(CCCCC(=O)COc1ccc(F)cc1)c1ccc(OC)c(C)c1. The van der Waals surface area contributed by atoms with E-state index < -0.39 is 0 Å². The van der Waals surface area contributed by atoms with Gasteiger partial charge in [0.1, 0.15) is 41.3 Å². The van der Waals surface area contributed by atoms with E-state index in [4.69, 9.17) is 14.2 Å². The number of nitrogens with zero attached hydrogens (tertiary/aromatic N) is 2. The van der Waals surface area contributed by atoms with Crippen molar-refractivity contribution < 1.29 is 32.6 Å². The zero-order chi connectivity index (χ0) is 37.9. The topological polar surface area (TPSA) is 86.6 Å². The Balaban J connectivity index is 0.000000281. The first kappa shape index (κ1) is 41.2. The van der Waals surface area contributed by atoms with Crippen molar-refractivity contribution in [3.05, 3.63) is 124 Å². The number of rotatable bonds is 18. The summed E-state index contributed by atoms with van der Waals surface area (Å²) in [5.74, 6) is 1.81. The normalized spacial score (nSPS) is 11.4. The van der Waals surface area contributed by atoms with Crippen LogP contribution in [0.3, 0.4) is 0 Å². The van der Waals surface area contributed by atoms with Gasteiger partial charge in [0.15, 0.2) is 5.78 Å². The molecule has 9 heteroatoms. The maximum atomic E-state index is 12.9. The van der Waals surface area contributed by atoms with Crippen molar-refractivity contribution in [2.24, 2.45) is 9.98 Å². The molecule has 0 unspecified atom stereocenters. The van der Waals surface area contributed by atoms with Crippen LogP contribution >= 0.6 is 0 Å². The molecular weight excluding hydrogens is 662 g/mol. The Hall–Kier alpha value is -5.18. The van der Waals surface area contributed by atoms with E-state index in [0.717, 1.165) is 82.8 Å². The Morgan fingerprint density at radius 3 is 1.54 bits per heavy atom. The molecule has 52 heavy (non-hydrogen) atoms. The highest BCUT2D eigenvalue weighted by atomic mass is 19.1. The van der Waals surface area contributed by atoms with Crippen molar-refractivity contribution in [2.75, 3.05) is 34.9 Å². The van der Waals surface area contributed by atoms with Crippen LogP contribution in [0, 0.1) is 25.5 Å². The van der Waals surface area contributed by atoms with Crippen molar-refractivity contribution in [2.45, 2.75) is 65.2 Å². The second-order valence-corrected chi connectivity index (χ2v) is 12.4. The van der Waals surface area contributed by atoms with Gasteiger partial charge in [0, 0.05) is 44.8 Å². The summed E-state index contributed by atoms with van der Waals surface area (Å²) in [4.78, 5) is 32.8. The molecule has 4 rings (SSSR count). The predicted octanol–water partition coefficient (Wildman–Crippen LogP) is 9.31. The Morgan fingerprint density at radius 2 is 1.06 bits per heavy atom. The standard InChI is InChI=1S/C22H26FNO3.C21H24FNO2/c1-16-14-17(8-13-22(16)26-3)21(24-2)7-5-4-6-19(25)15-27-20-11-9-18(23)10-12-20;1-15-13-17(9-12-21(15)25-3)20(23-2)6-4-5-19(24)14-16-7-10-18(22)11-8-16/h8-14H,4-7,15H2,1-3H3;7-13H,4-6,14H2,1-3H3. The number of hydrogen-bond acceptors (Lipinski definition) is 7. The van der Waals surface area contributed by atoms with Crippen LogP contribution < -0.4 is 14.2 Å². The lowest BCUT2D eigenvalue weighted by atomic mass is 9.99.